The van der Waals surface area contributed by atoms with E-state index in [0.29, 0.717) is 45.5 Å². The first-order valence-electron chi connectivity index (χ1n) is 9.62. The van der Waals surface area contributed by atoms with Gasteiger partial charge in [0.15, 0.2) is 5.13 Å². The molecule has 32 heavy (non-hydrogen) atoms. The molecule has 0 unspecified atom stereocenters. The predicted molar refractivity (Wildman–Crippen MR) is 122 cm³/mol. The Kier molecular flexibility index (Phi) is 6.67. The second-order valence-electron chi connectivity index (χ2n) is 6.67. The lowest BCUT2D eigenvalue weighted by Gasteiger charge is -2.08. The molecule has 164 valence electrons. The third kappa shape index (κ3) is 5.06. The molecular formula is C22H19ClN4O4S. The molecule has 4 aromatic rings. The number of hydrogen-bond acceptors (Lipinski definition) is 8. The second-order valence-corrected chi connectivity index (χ2v) is 7.97. The minimum atomic E-state index is -0.199. The summed E-state index contributed by atoms with van der Waals surface area (Å²) in [6.45, 7) is 0. The molecule has 1 N–H and O–H groups in total. The molecule has 0 atom stereocenters. The Balaban J connectivity index is 1.37. The minimum absolute atomic E-state index is 0.180. The maximum atomic E-state index is 12.4. The van der Waals surface area contributed by atoms with Gasteiger partial charge in [-0.25, -0.2) is 4.98 Å². The zero-order chi connectivity index (χ0) is 22.5. The summed E-state index contributed by atoms with van der Waals surface area (Å²) in [5.41, 5.74) is 2.26. The fraction of sp³-hybridized carbons (Fsp3) is 0.182. The van der Waals surface area contributed by atoms with Gasteiger partial charge in [0.25, 0.3) is 0 Å². The van der Waals surface area contributed by atoms with Crippen LogP contribution in [0.15, 0.2) is 52.4 Å². The number of nitrogens with one attached hydrogen (secondary N) is 1. The molecule has 0 aliphatic carbocycles. The first-order chi connectivity index (χ1) is 15.6. The van der Waals surface area contributed by atoms with Crippen LogP contribution >= 0.6 is 22.9 Å². The van der Waals surface area contributed by atoms with Crippen molar-refractivity contribution in [2.24, 2.45) is 0 Å². The number of amides is 1. The highest BCUT2D eigenvalue weighted by molar-refractivity contribution is 7.14. The second kappa shape index (κ2) is 9.80. The largest absolute Gasteiger partial charge is 0.497 e. The van der Waals surface area contributed by atoms with Crippen molar-refractivity contribution < 1.29 is 18.8 Å². The number of aryl methyl sites for hydroxylation is 1. The zero-order valence-corrected chi connectivity index (χ0v) is 18.9. The van der Waals surface area contributed by atoms with Gasteiger partial charge in [0, 0.05) is 34.4 Å². The molecule has 2 heterocycles. The number of hydrogen-bond donors (Lipinski definition) is 1. The number of methoxy groups -OCH3 is 2. The van der Waals surface area contributed by atoms with Crippen molar-refractivity contribution in [3.8, 4) is 34.1 Å². The van der Waals surface area contributed by atoms with Crippen LogP contribution < -0.4 is 14.8 Å². The topological polar surface area (TPSA) is 99.4 Å². The third-order valence-electron chi connectivity index (χ3n) is 4.57. The van der Waals surface area contributed by atoms with E-state index in [1.54, 1.807) is 38.5 Å². The summed E-state index contributed by atoms with van der Waals surface area (Å²) in [6.07, 6.45) is 0.494. The number of ether oxygens (including phenoxy) is 2. The molecule has 0 aliphatic rings. The van der Waals surface area contributed by atoms with Crippen LogP contribution in [0.25, 0.3) is 22.6 Å². The highest BCUT2D eigenvalue weighted by Gasteiger charge is 2.14. The molecule has 2 aromatic heterocycles. The lowest BCUT2D eigenvalue weighted by molar-refractivity contribution is -0.116. The third-order valence-corrected chi connectivity index (χ3v) is 5.58. The smallest absolute Gasteiger partial charge is 0.227 e. The molecule has 0 bridgehead atoms. The molecule has 0 radical (unpaired) electrons. The van der Waals surface area contributed by atoms with Crippen LogP contribution in [0.3, 0.4) is 0 Å². The van der Waals surface area contributed by atoms with Gasteiger partial charge in [-0.1, -0.05) is 16.8 Å². The molecule has 8 nitrogen and oxygen atoms in total. The lowest BCUT2D eigenvalue weighted by atomic mass is 10.1. The van der Waals surface area contributed by atoms with Crippen molar-refractivity contribution in [2.75, 3.05) is 19.5 Å². The van der Waals surface area contributed by atoms with E-state index in [1.165, 1.54) is 11.3 Å². The monoisotopic (exact) mass is 470 g/mol. The molecule has 2 aromatic carbocycles. The van der Waals surface area contributed by atoms with Crippen molar-refractivity contribution in [3.05, 3.63) is 58.8 Å². The highest BCUT2D eigenvalue weighted by Crippen LogP contribution is 2.35. The van der Waals surface area contributed by atoms with Crippen LogP contribution in [0.4, 0.5) is 5.13 Å². The molecular weight excluding hydrogens is 452 g/mol. The van der Waals surface area contributed by atoms with Gasteiger partial charge in [-0.3, -0.25) is 4.79 Å². The molecule has 0 spiro atoms. The van der Waals surface area contributed by atoms with Gasteiger partial charge < -0.3 is 19.3 Å². The Bertz CT molecular complexity index is 1220. The van der Waals surface area contributed by atoms with E-state index in [4.69, 9.17) is 25.6 Å². The van der Waals surface area contributed by atoms with E-state index in [0.717, 1.165) is 11.1 Å². The van der Waals surface area contributed by atoms with Gasteiger partial charge in [-0.2, -0.15) is 4.98 Å². The summed E-state index contributed by atoms with van der Waals surface area (Å²) in [5.74, 6) is 1.99. The normalized spacial score (nSPS) is 10.7. The Hall–Kier alpha value is -3.43. The van der Waals surface area contributed by atoms with Crippen LogP contribution in [0, 0.1) is 0 Å². The summed E-state index contributed by atoms with van der Waals surface area (Å²) in [7, 11) is 3.19. The molecule has 0 saturated carbocycles. The number of nitrogens with zero attached hydrogens (tertiary/aromatic N) is 3. The van der Waals surface area contributed by atoms with Gasteiger partial charge in [0.05, 0.1) is 19.9 Å². The van der Waals surface area contributed by atoms with E-state index in [-0.39, 0.29) is 12.3 Å². The van der Waals surface area contributed by atoms with Gasteiger partial charge in [0.1, 0.15) is 11.5 Å². The Labute approximate surface area is 193 Å². The van der Waals surface area contributed by atoms with E-state index < -0.39 is 0 Å². The van der Waals surface area contributed by atoms with E-state index in [9.17, 15) is 4.79 Å². The summed E-state index contributed by atoms with van der Waals surface area (Å²) in [4.78, 5) is 21.2. The maximum absolute atomic E-state index is 12.4. The first-order valence-corrected chi connectivity index (χ1v) is 10.9. The molecule has 10 heteroatoms. The molecule has 0 fully saturated rings. The first kappa shape index (κ1) is 21.8. The van der Waals surface area contributed by atoms with Crippen molar-refractivity contribution >= 4 is 34.0 Å². The average molecular weight is 471 g/mol. The molecule has 0 saturated heterocycles. The predicted octanol–water partition coefficient (Wildman–Crippen LogP) is 5.10. The van der Waals surface area contributed by atoms with Crippen molar-refractivity contribution in [1.29, 1.82) is 0 Å². The van der Waals surface area contributed by atoms with Gasteiger partial charge in [-0.15, -0.1) is 11.3 Å². The van der Waals surface area contributed by atoms with Crippen LogP contribution in [0.1, 0.15) is 12.3 Å². The number of carbonyl (C=O) groups excluding carboxylic acids is 1. The van der Waals surface area contributed by atoms with Crippen LogP contribution in [-0.2, 0) is 11.2 Å². The highest BCUT2D eigenvalue weighted by atomic mass is 35.5. The number of carbonyl (C=O) groups is 1. The van der Waals surface area contributed by atoms with Gasteiger partial charge in [-0.05, 0) is 42.5 Å². The fourth-order valence-electron chi connectivity index (χ4n) is 2.94. The number of anilines is 1. The fourth-order valence-corrected chi connectivity index (χ4v) is 3.80. The minimum Gasteiger partial charge on any atom is -0.497 e. The van der Waals surface area contributed by atoms with E-state index >= 15 is 0 Å². The zero-order valence-electron chi connectivity index (χ0n) is 17.3. The van der Waals surface area contributed by atoms with E-state index in [2.05, 4.69) is 20.4 Å². The van der Waals surface area contributed by atoms with Crippen molar-refractivity contribution in [3.63, 3.8) is 0 Å². The van der Waals surface area contributed by atoms with Gasteiger partial charge in [0.2, 0.25) is 17.6 Å². The van der Waals surface area contributed by atoms with Crippen molar-refractivity contribution in [2.45, 2.75) is 12.8 Å². The molecule has 0 aliphatic heterocycles. The van der Waals surface area contributed by atoms with Crippen LogP contribution in [0.5, 0.6) is 11.5 Å². The number of thiazole rings is 1. The van der Waals surface area contributed by atoms with E-state index in [1.807, 2.05) is 23.6 Å². The Morgan fingerprint density at radius 2 is 1.94 bits per heavy atom. The van der Waals surface area contributed by atoms with Crippen LogP contribution in [-0.4, -0.2) is 35.3 Å². The van der Waals surface area contributed by atoms with Crippen LogP contribution in [0.2, 0.25) is 5.02 Å². The van der Waals surface area contributed by atoms with Crippen molar-refractivity contribution in [1.82, 2.24) is 15.1 Å². The number of halogens is 1. The average Bonchev–Trinajstić information content (AvgIpc) is 3.47. The maximum Gasteiger partial charge on any atom is 0.227 e. The number of rotatable bonds is 8. The summed E-state index contributed by atoms with van der Waals surface area (Å²) >= 11 is 7.22. The molecule has 1 amide bonds. The molecule has 4 rings (SSSR count). The van der Waals surface area contributed by atoms with Gasteiger partial charge >= 0.3 is 0 Å². The SMILES string of the molecule is COc1ccc(OC)c(-c2csc(NC(=O)CCc3nc(-c4ccc(Cl)cc4)no3)n2)c1. The number of benzene rings is 2. The number of aromatic nitrogens is 3. The Morgan fingerprint density at radius 3 is 2.69 bits per heavy atom. The quantitative estimate of drug-likeness (QED) is 0.382. The Morgan fingerprint density at radius 1 is 1.12 bits per heavy atom. The summed E-state index contributed by atoms with van der Waals surface area (Å²) < 4.78 is 15.9. The summed E-state index contributed by atoms with van der Waals surface area (Å²) in [6, 6.07) is 12.6. The lowest BCUT2D eigenvalue weighted by Crippen LogP contribution is -2.12. The summed E-state index contributed by atoms with van der Waals surface area (Å²) in [5, 5.41) is 9.72. The standard InChI is InChI=1S/C22H19ClN4O4S/c1-29-15-7-8-18(30-2)16(11-15)17-12-32-22(24-17)25-19(28)9-10-20-26-21(27-31-20)13-3-5-14(23)6-4-13/h3-8,11-12H,9-10H2,1-2H3,(H,24,25,28).